The molecule has 0 unspecified atom stereocenters. The van der Waals surface area contributed by atoms with Crippen LogP contribution in [0.25, 0.3) is 44.7 Å². The van der Waals surface area contributed by atoms with E-state index in [1.54, 1.807) is 12.1 Å². The van der Waals surface area contributed by atoms with E-state index in [1.165, 1.54) is 12.4 Å². The van der Waals surface area contributed by atoms with Crippen LogP contribution in [0.4, 0.5) is 26.3 Å². The average Bonchev–Trinajstić information content (AvgIpc) is 3.29. The fourth-order valence-electron chi connectivity index (χ4n) is 3.42. The fourth-order valence-corrected chi connectivity index (χ4v) is 3.42. The minimum Gasteiger partial charge on any atom is -0.264 e. The monoisotopic (exact) mass is 458 g/mol. The van der Waals surface area contributed by atoms with Crippen molar-refractivity contribution in [2.75, 3.05) is 0 Å². The molecule has 164 valence electrons. The summed E-state index contributed by atoms with van der Waals surface area (Å²) >= 11 is 0. The molecule has 0 aliphatic rings. The van der Waals surface area contributed by atoms with Gasteiger partial charge in [-0.3, -0.25) is 4.98 Å². The molecule has 5 rings (SSSR count). The van der Waals surface area contributed by atoms with Crippen molar-refractivity contribution in [3.63, 3.8) is 0 Å². The van der Waals surface area contributed by atoms with Gasteiger partial charge in [-0.15, -0.1) is 0 Å². The number of pyridine rings is 2. The van der Waals surface area contributed by atoms with E-state index >= 15 is 0 Å². The molecule has 0 fully saturated rings. The van der Waals surface area contributed by atoms with Gasteiger partial charge in [-0.25, -0.2) is 36.0 Å². The van der Waals surface area contributed by atoms with Crippen molar-refractivity contribution >= 4 is 11.0 Å². The van der Waals surface area contributed by atoms with Crippen LogP contribution >= 0.6 is 0 Å². The highest BCUT2D eigenvalue weighted by atomic mass is 19.2. The molecule has 0 bridgehead atoms. The summed E-state index contributed by atoms with van der Waals surface area (Å²) in [6.07, 6.45) is 2.83. The van der Waals surface area contributed by atoms with Gasteiger partial charge in [-0.2, -0.15) is 0 Å². The van der Waals surface area contributed by atoms with Gasteiger partial charge >= 0.3 is 0 Å². The molecule has 5 aromatic rings. The van der Waals surface area contributed by atoms with Gasteiger partial charge in [0, 0.05) is 29.1 Å². The number of aromatic nitrogens is 4. The predicted molar refractivity (Wildman–Crippen MR) is 103 cm³/mol. The summed E-state index contributed by atoms with van der Waals surface area (Å²) in [7, 11) is 0. The summed E-state index contributed by atoms with van der Waals surface area (Å²) < 4.78 is 87.7. The SMILES string of the molecule is Fc1cc(-c2nc(-c3cccnc3)c(-c3cc(F)c(F)c(F)c3)c3nonc23)cc(F)c1F. The van der Waals surface area contributed by atoms with Crippen molar-refractivity contribution < 1.29 is 31.0 Å². The third kappa shape index (κ3) is 3.37. The van der Waals surface area contributed by atoms with E-state index < -0.39 is 34.9 Å². The summed E-state index contributed by atoms with van der Waals surface area (Å²) in [5, 5.41) is 7.46. The Balaban J connectivity index is 1.90. The highest BCUT2D eigenvalue weighted by Crippen LogP contribution is 2.40. The maximum Gasteiger partial charge on any atom is 0.194 e. The molecule has 0 amide bonds. The molecule has 0 radical (unpaired) electrons. The van der Waals surface area contributed by atoms with E-state index in [0.717, 1.165) is 12.1 Å². The zero-order valence-corrected chi connectivity index (χ0v) is 16.1. The van der Waals surface area contributed by atoms with Gasteiger partial charge in [0.1, 0.15) is 11.2 Å². The quantitative estimate of drug-likeness (QED) is 0.251. The third-order valence-electron chi connectivity index (χ3n) is 4.87. The largest absolute Gasteiger partial charge is 0.264 e. The number of rotatable bonds is 3. The Morgan fingerprint density at radius 3 is 1.79 bits per heavy atom. The molecule has 0 atom stereocenters. The Hall–Kier alpha value is -4.28. The van der Waals surface area contributed by atoms with Crippen molar-refractivity contribution in [3.8, 4) is 33.6 Å². The lowest BCUT2D eigenvalue weighted by molar-refractivity contribution is 0.315. The number of fused-ring (bicyclic) bond motifs is 1. The maximum atomic E-state index is 14.0. The summed E-state index contributed by atoms with van der Waals surface area (Å²) in [6.45, 7) is 0. The highest BCUT2D eigenvalue weighted by Gasteiger charge is 2.25. The van der Waals surface area contributed by atoms with Gasteiger partial charge < -0.3 is 0 Å². The van der Waals surface area contributed by atoms with Crippen LogP contribution in [0, 0.1) is 34.9 Å². The van der Waals surface area contributed by atoms with Crippen molar-refractivity contribution in [2.45, 2.75) is 0 Å². The molecule has 0 aliphatic heterocycles. The zero-order chi connectivity index (χ0) is 23.3. The zero-order valence-electron chi connectivity index (χ0n) is 16.1. The second-order valence-corrected chi connectivity index (χ2v) is 6.89. The maximum absolute atomic E-state index is 14.0. The Morgan fingerprint density at radius 2 is 1.21 bits per heavy atom. The molecule has 0 saturated carbocycles. The lowest BCUT2D eigenvalue weighted by atomic mass is 9.96. The van der Waals surface area contributed by atoms with Crippen LogP contribution in [0.2, 0.25) is 0 Å². The van der Waals surface area contributed by atoms with E-state index in [9.17, 15) is 26.3 Å². The Bertz CT molecular complexity index is 1490. The molecule has 0 N–H and O–H groups in total. The normalized spacial score (nSPS) is 11.3. The lowest BCUT2D eigenvalue weighted by Crippen LogP contribution is -2.00. The van der Waals surface area contributed by atoms with Crippen molar-refractivity contribution in [1.29, 1.82) is 0 Å². The lowest BCUT2D eigenvalue weighted by Gasteiger charge is -2.13. The van der Waals surface area contributed by atoms with Gasteiger partial charge in [0.15, 0.2) is 40.4 Å². The Kier molecular flexibility index (Phi) is 4.81. The van der Waals surface area contributed by atoms with Crippen LogP contribution in [0.1, 0.15) is 0 Å². The molecule has 0 aliphatic carbocycles. The summed E-state index contributed by atoms with van der Waals surface area (Å²) in [4.78, 5) is 8.36. The van der Waals surface area contributed by atoms with Gasteiger partial charge in [0.2, 0.25) is 0 Å². The van der Waals surface area contributed by atoms with Crippen molar-refractivity contribution in [3.05, 3.63) is 83.7 Å². The second kappa shape index (κ2) is 7.69. The van der Waals surface area contributed by atoms with E-state index in [0.29, 0.717) is 17.7 Å². The molecule has 3 aromatic heterocycles. The predicted octanol–water partition coefficient (Wildman–Crippen LogP) is 5.85. The van der Waals surface area contributed by atoms with Gasteiger partial charge in [-0.1, -0.05) is 0 Å². The highest BCUT2D eigenvalue weighted by molar-refractivity contribution is 6.03. The van der Waals surface area contributed by atoms with Crippen LogP contribution in [0.3, 0.4) is 0 Å². The topological polar surface area (TPSA) is 64.7 Å². The van der Waals surface area contributed by atoms with Crippen molar-refractivity contribution in [2.24, 2.45) is 0 Å². The second-order valence-electron chi connectivity index (χ2n) is 6.89. The van der Waals surface area contributed by atoms with Gasteiger partial charge in [-0.05, 0) is 52.3 Å². The number of nitrogens with zero attached hydrogens (tertiary/aromatic N) is 4. The fraction of sp³-hybridized carbons (Fsp3) is 0. The minimum absolute atomic E-state index is 0.00357. The number of halogens is 6. The van der Waals surface area contributed by atoms with Crippen LogP contribution in [0.5, 0.6) is 0 Å². The molecular weight excluding hydrogens is 450 g/mol. The molecule has 0 saturated heterocycles. The molecule has 11 heteroatoms. The van der Waals surface area contributed by atoms with Crippen LogP contribution in [-0.4, -0.2) is 20.3 Å². The number of hydrogen-bond donors (Lipinski definition) is 0. The van der Waals surface area contributed by atoms with Crippen LogP contribution < -0.4 is 0 Å². The van der Waals surface area contributed by atoms with E-state index in [2.05, 4.69) is 20.3 Å². The minimum atomic E-state index is -1.67. The molecular formula is C22H8F6N4O. The van der Waals surface area contributed by atoms with E-state index in [4.69, 9.17) is 4.63 Å². The first-order chi connectivity index (χ1) is 15.8. The number of benzene rings is 2. The molecule has 33 heavy (non-hydrogen) atoms. The van der Waals surface area contributed by atoms with E-state index in [-0.39, 0.29) is 39.1 Å². The first-order valence-corrected chi connectivity index (χ1v) is 9.21. The first-order valence-electron chi connectivity index (χ1n) is 9.21. The van der Waals surface area contributed by atoms with Crippen LogP contribution in [0.15, 0.2) is 53.4 Å². The van der Waals surface area contributed by atoms with Crippen LogP contribution in [-0.2, 0) is 0 Å². The molecule has 5 nitrogen and oxygen atoms in total. The van der Waals surface area contributed by atoms with Crippen molar-refractivity contribution in [1.82, 2.24) is 20.3 Å². The Labute approximate surface area is 180 Å². The summed E-state index contributed by atoms with van der Waals surface area (Å²) in [5.41, 5.74) is -0.355. The number of hydrogen-bond acceptors (Lipinski definition) is 5. The Morgan fingerprint density at radius 1 is 0.636 bits per heavy atom. The third-order valence-corrected chi connectivity index (χ3v) is 4.87. The smallest absolute Gasteiger partial charge is 0.194 e. The summed E-state index contributed by atoms with van der Waals surface area (Å²) in [5.74, 6) is -9.19. The average molecular weight is 458 g/mol. The summed E-state index contributed by atoms with van der Waals surface area (Å²) in [6, 6.07) is 6.00. The molecule has 3 heterocycles. The van der Waals surface area contributed by atoms with Gasteiger partial charge in [0.05, 0.1) is 5.69 Å². The molecule has 0 spiro atoms. The standard InChI is InChI=1S/C22H8F6N4O/c23-12-4-10(5-13(24)17(12)27)16-19(9-2-1-3-29-8-9)30-20(22-21(16)31-33-32-22)11-6-14(25)18(28)15(26)7-11/h1-8H. The van der Waals surface area contributed by atoms with Gasteiger partial charge in [0.25, 0.3) is 0 Å². The molecule has 2 aromatic carbocycles. The van der Waals surface area contributed by atoms with E-state index in [1.807, 2.05) is 0 Å². The first kappa shape index (κ1) is 20.6.